The number of anilines is 1. The van der Waals surface area contributed by atoms with E-state index in [2.05, 4.69) is 5.32 Å². The van der Waals surface area contributed by atoms with Gasteiger partial charge in [0.05, 0.1) is 26.9 Å². The lowest BCUT2D eigenvalue weighted by Crippen LogP contribution is -2.31. The smallest absolute Gasteiger partial charge is 0.282 e. The van der Waals surface area contributed by atoms with E-state index in [9.17, 15) is 14.5 Å². The monoisotopic (exact) mass is 454 g/mol. The molecule has 2 aliphatic rings. The minimum absolute atomic E-state index is 0.0278. The summed E-state index contributed by atoms with van der Waals surface area (Å²) in [6, 6.07) is 21.8. The number of hydrogen-bond acceptors (Lipinski definition) is 4. The number of fused-ring (bicyclic) bond motifs is 3. The van der Waals surface area contributed by atoms with E-state index in [0.717, 1.165) is 17.5 Å². The second kappa shape index (κ2) is 8.17. The predicted octanol–water partition coefficient (Wildman–Crippen LogP) is 6.77. The number of rotatable bonds is 4. The first-order chi connectivity index (χ1) is 15.0. The lowest BCUT2D eigenvalue weighted by atomic mass is 9.77. The van der Waals surface area contributed by atoms with E-state index in [-0.39, 0.29) is 44.9 Å². The Morgan fingerprint density at radius 1 is 1.03 bits per heavy atom. The van der Waals surface area contributed by atoms with Crippen molar-refractivity contribution in [1.29, 1.82) is 0 Å². The standard InChI is InChI=1S/C24H20ClFN2O2S/c25-22-20(31-19-12-5-4-11-18(19)28(29)30)13-16-21(22)15-9-6-10-17(26)24(15)27-23(16)14-7-2-1-3-8-14/h1-12,16,20-23,27H,13H2/t16-,20+,21-,22-,23-/m0/s1. The molecule has 1 heterocycles. The van der Waals surface area contributed by atoms with Gasteiger partial charge < -0.3 is 5.32 Å². The summed E-state index contributed by atoms with van der Waals surface area (Å²) in [7, 11) is 0. The van der Waals surface area contributed by atoms with Crippen molar-refractivity contribution in [1.82, 2.24) is 0 Å². The van der Waals surface area contributed by atoms with E-state index in [1.807, 2.05) is 36.4 Å². The van der Waals surface area contributed by atoms with Gasteiger partial charge in [-0.25, -0.2) is 4.39 Å². The number of thioether (sulfide) groups is 1. The Morgan fingerprint density at radius 2 is 1.77 bits per heavy atom. The number of nitro benzene ring substituents is 1. The fourth-order valence-corrected chi connectivity index (χ4v) is 6.91. The van der Waals surface area contributed by atoms with Crippen LogP contribution in [0.1, 0.15) is 29.5 Å². The van der Waals surface area contributed by atoms with Crippen LogP contribution < -0.4 is 5.32 Å². The molecule has 7 heteroatoms. The Bertz CT molecular complexity index is 1130. The van der Waals surface area contributed by atoms with E-state index < -0.39 is 0 Å². The van der Waals surface area contributed by atoms with Crippen LogP contribution in [0.5, 0.6) is 0 Å². The number of hydrogen-bond donors (Lipinski definition) is 1. The van der Waals surface area contributed by atoms with Crippen molar-refractivity contribution in [2.75, 3.05) is 5.32 Å². The van der Waals surface area contributed by atoms with Gasteiger partial charge in [0, 0.05) is 17.2 Å². The quantitative estimate of drug-likeness (QED) is 0.268. The van der Waals surface area contributed by atoms with Crippen LogP contribution in [0.4, 0.5) is 15.8 Å². The number of halogens is 2. The van der Waals surface area contributed by atoms with Gasteiger partial charge in [0.15, 0.2) is 0 Å². The van der Waals surface area contributed by atoms with Crippen LogP contribution in [0.3, 0.4) is 0 Å². The van der Waals surface area contributed by atoms with Crippen LogP contribution in [0.25, 0.3) is 0 Å². The Hall–Kier alpha value is -2.57. The van der Waals surface area contributed by atoms with Crippen LogP contribution in [-0.4, -0.2) is 15.6 Å². The highest BCUT2D eigenvalue weighted by atomic mass is 35.5. The first-order valence-electron chi connectivity index (χ1n) is 10.2. The van der Waals surface area contributed by atoms with Crippen molar-refractivity contribution in [3.05, 3.63) is 99.9 Å². The minimum Gasteiger partial charge on any atom is -0.375 e. The summed E-state index contributed by atoms with van der Waals surface area (Å²) in [6.45, 7) is 0. The minimum atomic E-state index is -0.355. The molecule has 0 unspecified atom stereocenters. The van der Waals surface area contributed by atoms with Crippen molar-refractivity contribution >= 4 is 34.7 Å². The molecule has 0 saturated heterocycles. The van der Waals surface area contributed by atoms with E-state index in [1.165, 1.54) is 23.9 Å². The molecule has 1 aliphatic heterocycles. The molecule has 0 radical (unpaired) electrons. The fraction of sp³-hybridized carbons (Fsp3) is 0.250. The molecule has 0 aromatic heterocycles. The summed E-state index contributed by atoms with van der Waals surface area (Å²) in [5, 5.41) is 14.6. The molecule has 1 saturated carbocycles. The zero-order chi connectivity index (χ0) is 21.5. The summed E-state index contributed by atoms with van der Waals surface area (Å²) in [5.74, 6) is -0.172. The molecule has 3 aromatic carbocycles. The molecule has 0 bridgehead atoms. The van der Waals surface area contributed by atoms with Gasteiger partial charge in [0.2, 0.25) is 0 Å². The summed E-state index contributed by atoms with van der Waals surface area (Å²) < 4.78 is 14.7. The van der Waals surface area contributed by atoms with Gasteiger partial charge in [-0.05, 0) is 35.6 Å². The molecule has 3 aromatic rings. The van der Waals surface area contributed by atoms with Crippen molar-refractivity contribution < 1.29 is 9.31 Å². The molecular formula is C24H20ClFN2O2S. The first-order valence-corrected chi connectivity index (χ1v) is 11.5. The highest BCUT2D eigenvalue weighted by Crippen LogP contribution is 2.58. The molecule has 1 N–H and O–H groups in total. The number of alkyl halides is 1. The van der Waals surface area contributed by atoms with Gasteiger partial charge in [-0.2, -0.15) is 0 Å². The van der Waals surface area contributed by atoms with Crippen molar-refractivity contribution in [3.63, 3.8) is 0 Å². The largest absolute Gasteiger partial charge is 0.375 e. The Labute approximate surface area is 189 Å². The van der Waals surface area contributed by atoms with E-state index in [1.54, 1.807) is 24.3 Å². The SMILES string of the molecule is O=[N+]([O-])c1ccccc1S[C@@H]1C[C@H]2[C@H](c3cccc(F)c3N[C@H]2c2ccccc2)[C@H]1Cl. The first kappa shape index (κ1) is 20.3. The summed E-state index contributed by atoms with van der Waals surface area (Å²) in [4.78, 5) is 11.7. The second-order valence-electron chi connectivity index (χ2n) is 7.99. The Kier molecular flexibility index (Phi) is 5.36. The van der Waals surface area contributed by atoms with Crippen LogP contribution in [0, 0.1) is 21.8 Å². The van der Waals surface area contributed by atoms with Crippen molar-refractivity contribution in [2.24, 2.45) is 5.92 Å². The molecule has 5 atom stereocenters. The van der Waals surface area contributed by atoms with Crippen LogP contribution in [-0.2, 0) is 0 Å². The van der Waals surface area contributed by atoms with Gasteiger partial charge in [0.1, 0.15) is 5.82 Å². The van der Waals surface area contributed by atoms with Gasteiger partial charge in [-0.15, -0.1) is 23.4 Å². The zero-order valence-electron chi connectivity index (χ0n) is 16.4. The van der Waals surface area contributed by atoms with Crippen LogP contribution in [0.15, 0.2) is 77.7 Å². The lowest BCUT2D eigenvalue weighted by Gasteiger charge is -2.38. The summed E-state index contributed by atoms with van der Waals surface area (Å²) in [6.07, 6.45) is 0.776. The third kappa shape index (κ3) is 3.58. The third-order valence-electron chi connectivity index (χ3n) is 6.30. The van der Waals surface area contributed by atoms with Crippen LogP contribution >= 0.6 is 23.4 Å². The maximum absolute atomic E-state index is 14.7. The third-order valence-corrected chi connectivity index (χ3v) is 8.41. The predicted molar refractivity (Wildman–Crippen MR) is 122 cm³/mol. The topological polar surface area (TPSA) is 55.2 Å². The average molecular weight is 455 g/mol. The molecule has 4 nitrogen and oxygen atoms in total. The van der Waals surface area contributed by atoms with E-state index in [4.69, 9.17) is 11.6 Å². The van der Waals surface area contributed by atoms with Crippen molar-refractivity contribution in [3.8, 4) is 0 Å². The zero-order valence-corrected chi connectivity index (χ0v) is 18.0. The fourth-order valence-electron chi connectivity index (χ4n) is 4.97. The highest BCUT2D eigenvalue weighted by Gasteiger charge is 2.50. The molecule has 1 aliphatic carbocycles. The maximum Gasteiger partial charge on any atom is 0.282 e. The Balaban J connectivity index is 1.54. The van der Waals surface area contributed by atoms with Crippen LogP contribution in [0.2, 0.25) is 0 Å². The molecule has 0 spiro atoms. The second-order valence-corrected chi connectivity index (χ2v) is 9.77. The highest BCUT2D eigenvalue weighted by molar-refractivity contribution is 8.00. The number of benzene rings is 3. The van der Waals surface area contributed by atoms with Gasteiger partial charge in [-0.1, -0.05) is 54.6 Å². The van der Waals surface area contributed by atoms with Gasteiger partial charge in [-0.3, -0.25) is 10.1 Å². The number of nitrogens with zero attached hydrogens (tertiary/aromatic N) is 1. The molecule has 158 valence electrons. The number of nitro groups is 1. The van der Waals surface area contributed by atoms with E-state index in [0.29, 0.717) is 10.6 Å². The van der Waals surface area contributed by atoms with Gasteiger partial charge in [0.25, 0.3) is 5.69 Å². The maximum atomic E-state index is 14.7. The van der Waals surface area contributed by atoms with E-state index >= 15 is 0 Å². The normalized spacial score (nSPS) is 26.6. The Morgan fingerprint density at radius 3 is 2.55 bits per heavy atom. The number of para-hydroxylation sites is 2. The van der Waals surface area contributed by atoms with Gasteiger partial charge >= 0.3 is 0 Å². The van der Waals surface area contributed by atoms with Crippen molar-refractivity contribution in [2.45, 2.75) is 33.9 Å². The average Bonchev–Trinajstić information content (AvgIpc) is 3.11. The molecule has 1 fully saturated rings. The molecule has 0 amide bonds. The molecule has 31 heavy (non-hydrogen) atoms. The number of nitrogens with one attached hydrogen (secondary N) is 1. The lowest BCUT2D eigenvalue weighted by molar-refractivity contribution is -0.387. The summed E-state index contributed by atoms with van der Waals surface area (Å²) >= 11 is 8.49. The molecular weight excluding hydrogens is 435 g/mol. The molecule has 5 rings (SSSR count). The summed E-state index contributed by atoms with van der Waals surface area (Å²) in [5.41, 5.74) is 2.59.